The SMILES string of the molecule is Cc1cc(C)cc(CN2CCN(c3ccc(-c4cn(C)c5ncnc(N)c45)c(F)c3)C2=O)c1. The van der Waals surface area contributed by atoms with Gasteiger partial charge in [0, 0.05) is 49.7 Å². The first kappa shape index (κ1) is 20.9. The molecule has 3 heterocycles. The fraction of sp³-hybridized carbons (Fsp3) is 0.240. The number of rotatable bonds is 4. The first-order valence-electron chi connectivity index (χ1n) is 10.8. The number of carbonyl (C=O) groups excluding carboxylic acids is 1. The summed E-state index contributed by atoms with van der Waals surface area (Å²) in [6.45, 7) is 5.74. The van der Waals surface area contributed by atoms with Crippen LogP contribution in [0.3, 0.4) is 0 Å². The highest BCUT2D eigenvalue weighted by Gasteiger charge is 2.30. The minimum absolute atomic E-state index is 0.121. The number of aryl methyl sites for hydroxylation is 3. The summed E-state index contributed by atoms with van der Waals surface area (Å²) in [6, 6.07) is 11.0. The standard InChI is InChI=1S/C25H25FN6O/c1-15-8-16(2)10-17(9-15)12-31-6-7-32(25(31)33)18-4-5-19(21(26)11-18)20-13-30(3)24-22(20)23(27)28-14-29-24/h4-5,8-11,13-14H,6-7,12H2,1-3H3,(H2,27,28,29). The van der Waals surface area contributed by atoms with E-state index >= 15 is 4.39 Å². The van der Waals surface area contributed by atoms with Gasteiger partial charge in [0.05, 0.1) is 5.39 Å². The molecule has 8 heteroatoms. The summed E-state index contributed by atoms with van der Waals surface area (Å²) in [4.78, 5) is 24.8. The molecule has 33 heavy (non-hydrogen) atoms. The number of hydrogen-bond acceptors (Lipinski definition) is 4. The molecule has 0 bridgehead atoms. The van der Waals surface area contributed by atoms with E-state index in [-0.39, 0.29) is 6.03 Å². The zero-order valence-corrected chi connectivity index (χ0v) is 18.8. The zero-order chi connectivity index (χ0) is 23.3. The predicted octanol–water partition coefficient (Wildman–Crippen LogP) is 4.42. The second-order valence-corrected chi connectivity index (χ2v) is 8.63. The van der Waals surface area contributed by atoms with Crippen LogP contribution in [-0.2, 0) is 13.6 Å². The normalized spacial score (nSPS) is 14.0. The summed E-state index contributed by atoms with van der Waals surface area (Å²) in [7, 11) is 1.83. The highest BCUT2D eigenvalue weighted by molar-refractivity contribution is 6.01. The van der Waals surface area contributed by atoms with Gasteiger partial charge in [-0.25, -0.2) is 19.2 Å². The van der Waals surface area contributed by atoms with Crippen LogP contribution in [0, 0.1) is 19.7 Å². The summed E-state index contributed by atoms with van der Waals surface area (Å²) in [6.07, 6.45) is 3.18. The van der Waals surface area contributed by atoms with E-state index in [4.69, 9.17) is 5.73 Å². The molecule has 2 N–H and O–H groups in total. The molecular weight excluding hydrogens is 419 g/mol. The van der Waals surface area contributed by atoms with Crippen LogP contribution in [0.4, 0.5) is 20.7 Å². The van der Waals surface area contributed by atoms with Crippen molar-refractivity contribution in [3.8, 4) is 11.1 Å². The van der Waals surface area contributed by atoms with Gasteiger partial charge >= 0.3 is 6.03 Å². The van der Waals surface area contributed by atoms with E-state index in [1.165, 1.54) is 23.5 Å². The first-order chi connectivity index (χ1) is 15.8. The summed E-state index contributed by atoms with van der Waals surface area (Å²) in [5, 5.41) is 0.614. The van der Waals surface area contributed by atoms with Crippen LogP contribution in [0.15, 0.2) is 48.9 Å². The van der Waals surface area contributed by atoms with Crippen LogP contribution < -0.4 is 10.6 Å². The predicted molar refractivity (Wildman–Crippen MR) is 127 cm³/mol. The molecule has 1 fully saturated rings. The van der Waals surface area contributed by atoms with Crippen molar-refractivity contribution in [3.63, 3.8) is 0 Å². The van der Waals surface area contributed by atoms with Gasteiger partial charge in [-0.15, -0.1) is 0 Å². The number of fused-ring (bicyclic) bond motifs is 1. The average molecular weight is 445 g/mol. The van der Waals surface area contributed by atoms with E-state index in [1.807, 2.05) is 7.05 Å². The smallest absolute Gasteiger partial charge is 0.324 e. The summed E-state index contributed by atoms with van der Waals surface area (Å²) < 4.78 is 17.1. The number of benzene rings is 2. The van der Waals surface area contributed by atoms with Gasteiger partial charge in [-0.2, -0.15) is 0 Å². The molecule has 5 rings (SSSR count). The monoisotopic (exact) mass is 444 g/mol. The van der Waals surface area contributed by atoms with Gasteiger partial charge < -0.3 is 15.2 Å². The largest absolute Gasteiger partial charge is 0.383 e. The highest BCUT2D eigenvalue weighted by atomic mass is 19.1. The Balaban J connectivity index is 1.42. The van der Waals surface area contributed by atoms with Crippen molar-refractivity contribution >= 4 is 28.6 Å². The molecule has 1 aliphatic heterocycles. The van der Waals surface area contributed by atoms with Crippen molar-refractivity contribution in [3.05, 3.63) is 71.4 Å². The van der Waals surface area contributed by atoms with E-state index in [0.717, 1.165) is 5.56 Å². The number of nitrogens with zero attached hydrogens (tertiary/aromatic N) is 5. The van der Waals surface area contributed by atoms with Crippen LogP contribution in [0.2, 0.25) is 0 Å². The number of nitrogen functional groups attached to an aromatic ring is 1. The summed E-state index contributed by atoms with van der Waals surface area (Å²) >= 11 is 0. The minimum Gasteiger partial charge on any atom is -0.383 e. The highest BCUT2D eigenvalue weighted by Crippen LogP contribution is 2.35. The molecule has 2 aromatic heterocycles. The van der Waals surface area contributed by atoms with Crippen molar-refractivity contribution in [1.29, 1.82) is 0 Å². The molecule has 0 spiro atoms. The van der Waals surface area contributed by atoms with Crippen LogP contribution in [0.1, 0.15) is 16.7 Å². The van der Waals surface area contributed by atoms with E-state index in [1.54, 1.807) is 32.7 Å². The number of amides is 2. The maximum absolute atomic E-state index is 15.3. The number of aromatic nitrogens is 3. The fourth-order valence-electron chi connectivity index (χ4n) is 4.68. The minimum atomic E-state index is -0.427. The lowest BCUT2D eigenvalue weighted by Crippen LogP contribution is -2.31. The Hall–Kier alpha value is -3.94. The Morgan fingerprint density at radius 2 is 1.79 bits per heavy atom. The third kappa shape index (κ3) is 3.67. The molecule has 1 aliphatic rings. The second-order valence-electron chi connectivity index (χ2n) is 8.63. The lowest BCUT2D eigenvalue weighted by molar-refractivity contribution is 0.218. The number of carbonyl (C=O) groups is 1. The lowest BCUT2D eigenvalue weighted by atomic mass is 10.0. The van der Waals surface area contributed by atoms with Gasteiger partial charge in [0.25, 0.3) is 0 Å². The Labute approximate surface area is 191 Å². The quantitative estimate of drug-likeness (QED) is 0.505. The molecule has 7 nitrogen and oxygen atoms in total. The van der Waals surface area contributed by atoms with E-state index < -0.39 is 5.82 Å². The summed E-state index contributed by atoms with van der Waals surface area (Å²) in [5.41, 5.74) is 11.7. The molecule has 0 atom stereocenters. The van der Waals surface area contributed by atoms with Crippen molar-refractivity contribution in [2.75, 3.05) is 23.7 Å². The third-order valence-corrected chi connectivity index (χ3v) is 6.09. The zero-order valence-electron chi connectivity index (χ0n) is 18.8. The number of urea groups is 1. The Morgan fingerprint density at radius 1 is 1.03 bits per heavy atom. The topological polar surface area (TPSA) is 80.3 Å². The second kappa shape index (κ2) is 7.88. The van der Waals surface area contributed by atoms with Crippen molar-refractivity contribution in [2.24, 2.45) is 7.05 Å². The van der Waals surface area contributed by atoms with Gasteiger partial charge in [-0.05, 0) is 37.6 Å². The van der Waals surface area contributed by atoms with Crippen LogP contribution in [0.5, 0.6) is 0 Å². The molecule has 0 aliphatic carbocycles. The van der Waals surface area contributed by atoms with Crippen LogP contribution in [0.25, 0.3) is 22.2 Å². The number of halogens is 1. The first-order valence-corrected chi connectivity index (χ1v) is 10.8. The Bertz CT molecular complexity index is 1380. The molecule has 2 amide bonds. The lowest BCUT2D eigenvalue weighted by Gasteiger charge is -2.20. The molecule has 168 valence electrons. The van der Waals surface area contributed by atoms with Crippen LogP contribution >= 0.6 is 0 Å². The van der Waals surface area contributed by atoms with E-state index in [9.17, 15) is 4.79 Å². The maximum Gasteiger partial charge on any atom is 0.324 e. The molecule has 0 saturated carbocycles. The van der Waals surface area contributed by atoms with Gasteiger partial charge in [0.15, 0.2) is 0 Å². The van der Waals surface area contributed by atoms with E-state index in [0.29, 0.717) is 53.3 Å². The number of nitrogens with two attached hydrogens (primary N) is 1. The number of hydrogen-bond donors (Lipinski definition) is 1. The maximum atomic E-state index is 15.3. The molecule has 1 saturated heterocycles. The molecule has 2 aromatic carbocycles. The number of anilines is 2. The molecule has 0 unspecified atom stereocenters. The molecule has 0 radical (unpaired) electrons. The van der Waals surface area contributed by atoms with E-state index in [2.05, 4.69) is 42.0 Å². The van der Waals surface area contributed by atoms with Gasteiger partial charge in [-0.1, -0.05) is 29.3 Å². The Morgan fingerprint density at radius 3 is 2.52 bits per heavy atom. The van der Waals surface area contributed by atoms with Gasteiger partial charge in [0.2, 0.25) is 0 Å². The van der Waals surface area contributed by atoms with Crippen LogP contribution in [-0.4, -0.2) is 38.6 Å². The molecule has 4 aromatic rings. The van der Waals surface area contributed by atoms with Gasteiger partial charge in [0.1, 0.15) is 23.6 Å². The van der Waals surface area contributed by atoms with Crippen molar-refractivity contribution < 1.29 is 9.18 Å². The summed E-state index contributed by atoms with van der Waals surface area (Å²) in [5.74, 6) is -0.125. The van der Waals surface area contributed by atoms with Crippen molar-refractivity contribution in [2.45, 2.75) is 20.4 Å². The fourth-order valence-corrected chi connectivity index (χ4v) is 4.68. The van der Waals surface area contributed by atoms with Gasteiger partial charge in [-0.3, -0.25) is 4.90 Å². The Kier molecular flexibility index (Phi) is 5.00. The average Bonchev–Trinajstić information content (AvgIpc) is 3.28. The third-order valence-electron chi connectivity index (χ3n) is 6.09. The van der Waals surface area contributed by atoms with Crippen molar-refractivity contribution in [1.82, 2.24) is 19.4 Å². The molecular formula is C25H25FN6O.